The van der Waals surface area contributed by atoms with E-state index in [0.29, 0.717) is 17.3 Å². The highest BCUT2D eigenvalue weighted by Crippen LogP contribution is 2.61. The molecular weight excluding hydrogens is 370 g/mol. The number of hydrogen-bond acceptors (Lipinski definition) is 5. The Bertz CT molecular complexity index is 799. The molecule has 6 nitrogen and oxygen atoms in total. The number of amides is 1. The number of carbonyl (C=O) groups is 1. The number of nitrogens with zero attached hydrogens (tertiary/aromatic N) is 3. The van der Waals surface area contributed by atoms with Crippen LogP contribution in [0.5, 0.6) is 0 Å². The van der Waals surface area contributed by atoms with Crippen molar-refractivity contribution in [3.63, 3.8) is 0 Å². The fraction of sp³-hybridized carbons (Fsp3) is 0.619. The van der Waals surface area contributed by atoms with E-state index in [1.54, 1.807) is 11.3 Å². The van der Waals surface area contributed by atoms with Gasteiger partial charge in [0.2, 0.25) is 0 Å². The number of rotatable bonds is 8. The largest absolute Gasteiger partial charge is 0.349 e. The van der Waals surface area contributed by atoms with Crippen LogP contribution in [0.3, 0.4) is 0 Å². The number of allylic oxidation sites excluding steroid dienone is 2. The first-order valence-electron chi connectivity index (χ1n) is 10.3. The molecule has 2 bridgehead atoms. The molecule has 3 fully saturated rings. The van der Waals surface area contributed by atoms with Crippen molar-refractivity contribution in [2.24, 2.45) is 23.2 Å². The summed E-state index contributed by atoms with van der Waals surface area (Å²) in [4.78, 5) is 12.7. The fourth-order valence-electron chi connectivity index (χ4n) is 5.05. The van der Waals surface area contributed by atoms with Crippen LogP contribution in [0.2, 0.25) is 0 Å². The Balaban J connectivity index is 1.32. The van der Waals surface area contributed by atoms with Gasteiger partial charge in [0.1, 0.15) is 0 Å². The summed E-state index contributed by atoms with van der Waals surface area (Å²) in [6.45, 7) is 4.75. The molecule has 2 aromatic rings. The van der Waals surface area contributed by atoms with Gasteiger partial charge in [0.15, 0.2) is 5.82 Å². The molecule has 1 amide bonds. The van der Waals surface area contributed by atoms with Gasteiger partial charge in [-0.1, -0.05) is 31.2 Å². The van der Waals surface area contributed by atoms with Crippen LogP contribution in [-0.4, -0.2) is 32.6 Å². The van der Waals surface area contributed by atoms with E-state index in [-0.39, 0.29) is 11.9 Å². The highest BCUT2D eigenvalue weighted by Gasteiger charge is 2.57. The van der Waals surface area contributed by atoms with Gasteiger partial charge in [-0.25, -0.2) is 0 Å². The Labute approximate surface area is 170 Å². The van der Waals surface area contributed by atoms with Crippen molar-refractivity contribution in [3.05, 3.63) is 40.4 Å². The van der Waals surface area contributed by atoms with Gasteiger partial charge in [-0.3, -0.25) is 4.79 Å². The average Bonchev–Trinajstić information content (AvgIpc) is 3.38. The van der Waals surface area contributed by atoms with Crippen molar-refractivity contribution in [1.82, 2.24) is 25.9 Å². The zero-order valence-electron chi connectivity index (χ0n) is 16.6. The highest BCUT2D eigenvalue weighted by atomic mass is 32.1. The first kappa shape index (κ1) is 19.3. The van der Waals surface area contributed by atoms with Crippen LogP contribution in [0.15, 0.2) is 29.0 Å². The van der Waals surface area contributed by atoms with Gasteiger partial charge in [0, 0.05) is 23.4 Å². The first-order valence-corrected chi connectivity index (χ1v) is 11.2. The molecule has 150 valence electrons. The number of nitrogens with one attached hydrogen (secondary N) is 2. The minimum atomic E-state index is 0.0847. The van der Waals surface area contributed by atoms with Crippen LogP contribution in [-0.2, 0) is 6.42 Å². The smallest absolute Gasteiger partial charge is 0.252 e. The molecule has 3 saturated carbocycles. The summed E-state index contributed by atoms with van der Waals surface area (Å²) >= 11 is 1.57. The molecule has 0 aromatic carbocycles. The van der Waals surface area contributed by atoms with Crippen LogP contribution >= 0.6 is 11.3 Å². The summed E-state index contributed by atoms with van der Waals surface area (Å²) in [6.07, 6.45) is 11.0. The fourth-order valence-corrected chi connectivity index (χ4v) is 5.69. The van der Waals surface area contributed by atoms with E-state index in [1.807, 2.05) is 16.8 Å². The lowest BCUT2D eigenvalue weighted by Gasteiger charge is -2.62. The summed E-state index contributed by atoms with van der Waals surface area (Å²) in [5.74, 6) is 2.78. The third kappa shape index (κ3) is 3.90. The van der Waals surface area contributed by atoms with Crippen LogP contribution in [0.4, 0.5) is 0 Å². The summed E-state index contributed by atoms with van der Waals surface area (Å²) in [5.41, 5.74) is 1.14. The quantitative estimate of drug-likeness (QED) is 0.519. The lowest BCUT2D eigenvalue weighted by Crippen LogP contribution is -2.63. The number of aromatic amines is 1. The number of aromatic nitrogens is 4. The predicted molar refractivity (Wildman–Crippen MR) is 110 cm³/mol. The molecule has 0 aliphatic heterocycles. The van der Waals surface area contributed by atoms with Crippen molar-refractivity contribution in [3.8, 4) is 0 Å². The number of unbranched alkanes of at least 4 members (excludes halogenated alkanes) is 1. The molecule has 3 aliphatic rings. The van der Waals surface area contributed by atoms with Gasteiger partial charge in [-0.05, 0) is 66.7 Å². The zero-order valence-corrected chi connectivity index (χ0v) is 17.4. The third-order valence-corrected chi connectivity index (χ3v) is 7.61. The summed E-state index contributed by atoms with van der Waals surface area (Å²) in [7, 11) is 0. The second kappa shape index (κ2) is 8.15. The van der Waals surface area contributed by atoms with Crippen molar-refractivity contribution in [2.75, 3.05) is 0 Å². The van der Waals surface area contributed by atoms with E-state index >= 15 is 0 Å². The van der Waals surface area contributed by atoms with E-state index in [0.717, 1.165) is 43.0 Å². The number of H-pyrrole nitrogens is 1. The molecule has 2 N–H and O–H groups in total. The van der Waals surface area contributed by atoms with Crippen LogP contribution < -0.4 is 5.32 Å². The second-order valence-electron chi connectivity index (χ2n) is 8.79. The maximum absolute atomic E-state index is 12.7. The highest BCUT2D eigenvalue weighted by molar-refractivity contribution is 7.08. The molecule has 28 heavy (non-hydrogen) atoms. The van der Waals surface area contributed by atoms with Crippen LogP contribution in [0.25, 0.3) is 0 Å². The summed E-state index contributed by atoms with van der Waals surface area (Å²) in [6, 6.07) is 2.19. The zero-order chi connectivity index (χ0) is 19.6. The van der Waals surface area contributed by atoms with Crippen molar-refractivity contribution >= 4 is 17.2 Å². The minimum absolute atomic E-state index is 0.0847. The standard InChI is InChI=1S/C21H29N5OS/c1-21(2)16-11-14(7-5-3-4-6-8-18-23-25-26-24-18)19(17(21)12-16)22-20(27)15-9-10-28-13-15/h3,5,9-10,13-14,16-17,19H,4,6-8,11-12H2,1-2H3,(H,22,27)(H,23,24,25,26)/b5-3+/t14-,16-,17-,19+/m0/s1. The summed E-state index contributed by atoms with van der Waals surface area (Å²) in [5, 5.41) is 21.3. The van der Waals surface area contributed by atoms with Crippen molar-refractivity contribution in [2.45, 2.75) is 58.4 Å². The molecular formula is C21H29N5OS. The van der Waals surface area contributed by atoms with Gasteiger partial charge in [-0.2, -0.15) is 16.6 Å². The molecule has 0 saturated heterocycles. The summed E-state index contributed by atoms with van der Waals surface area (Å²) < 4.78 is 0. The minimum Gasteiger partial charge on any atom is -0.349 e. The van der Waals surface area contributed by atoms with Crippen LogP contribution in [0, 0.1) is 23.2 Å². The SMILES string of the molecule is CC1(C)[C@H]2C[C@H](C/C=C/CCCc3nn[nH]n3)[C@@H](NC(=O)c3ccsc3)[C@@H]1C2. The van der Waals surface area contributed by atoms with Crippen LogP contribution in [0.1, 0.15) is 62.1 Å². The lowest BCUT2D eigenvalue weighted by molar-refractivity contribution is -0.110. The molecule has 4 atom stereocenters. The van der Waals surface area contributed by atoms with E-state index < -0.39 is 0 Å². The Morgan fingerprint density at radius 1 is 1.39 bits per heavy atom. The maximum atomic E-state index is 12.7. The Kier molecular flexibility index (Phi) is 5.62. The second-order valence-corrected chi connectivity index (χ2v) is 9.57. The molecule has 2 aromatic heterocycles. The first-order chi connectivity index (χ1) is 13.6. The maximum Gasteiger partial charge on any atom is 0.252 e. The van der Waals surface area contributed by atoms with Gasteiger partial charge >= 0.3 is 0 Å². The molecule has 0 radical (unpaired) electrons. The number of hydrogen-bond donors (Lipinski definition) is 2. The van der Waals surface area contributed by atoms with E-state index in [2.05, 4.69) is 51.9 Å². The van der Waals surface area contributed by atoms with Gasteiger partial charge in [-0.15, -0.1) is 10.2 Å². The third-order valence-electron chi connectivity index (χ3n) is 6.92. The normalized spacial score (nSPS) is 28.2. The average molecular weight is 400 g/mol. The van der Waals surface area contributed by atoms with Crippen molar-refractivity contribution in [1.29, 1.82) is 0 Å². The van der Waals surface area contributed by atoms with Gasteiger partial charge in [0.25, 0.3) is 5.91 Å². The molecule has 0 unspecified atom stereocenters. The van der Waals surface area contributed by atoms with Gasteiger partial charge < -0.3 is 5.32 Å². The van der Waals surface area contributed by atoms with Gasteiger partial charge in [0.05, 0.1) is 0 Å². The van der Waals surface area contributed by atoms with Crippen molar-refractivity contribution < 1.29 is 4.79 Å². The number of fused-ring (bicyclic) bond motifs is 2. The number of carbonyl (C=O) groups excluding carboxylic acids is 1. The van der Waals surface area contributed by atoms with E-state index in [1.165, 1.54) is 12.8 Å². The predicted octanol–water partition coefficient (Wildman–Crippen LogP) is 4.01. The molecule has 2 heterocycles. The molecule has 0 spiro atoms. The molecule has 7 heteroatoms. The molecule has 3 aliphatic carbocycles. The topological polar surface area (TPSA) is 83.6 Å². The number of tetrazole rings is 1. The number of thiophene rings is 1. The van der Waals surface area contributed by atoms with E-state index in [9.17, 15) is 4.79 Å². The monoisotopic (exact) mass is 399 g/mol. The Morgan fingerprint density at radius 2 is 2.29 bits per heavy atom. The molecule has 5 rings (SSSR count). The lowest BCUT2D eigenvalue weighted by atomic mass is 9.44. The van der Waals surface area contributed by atoms with E-state index in [4.69, 9.17) is 0 Å². The number of aryl methyl sites for hydroxylation is 1. The Morgan fingerprint density at radius 3 is 3.00 bits per heavy atom. The Hall–Kier alpha value is -2.02.